The van der Waals surface area contributed by atoms with Gasteiger partial charge in [-0.2, -0.15) is 0 Å². The number of allylic oxidation sites excluding steroid dienone is 2. The van der Waals surface area contributed by atoms with E-state index in [1.165, 1.54) is 11.1 Å². The first kappa shape index (κ1) is 15.5. The lowest BCUT2D eigenvalue weighted by Gasteiger charge is -2.22. The molecule has 3 nitrogen and oxygen atoms in total. The van der Waals surface area contributed by atoms with Crippen LogP contribution in [0.1, 0.15) is 49.8 Å². The molecule has 0 bridgehead atoms. The van der Waals surface area contributed by atoms with Crippen molar-refractivity contribution in [1.29, 1.82) is 0 Å². The molecule has 0 saturated carbocycles. The zero-order chi connectivity index (χ0) is 15.4. The standard InChI is InChI=1S/C18H22O3/c1-4-21-17(20)11-10-16(19)18-13(3)8-9-14-12(2)6-5-7-15(14)18/h5-7H,4,8-11H2,1-3H3. The molecule has 0 atom stereocenters. The van der Waals surface area contributed by atoms with Gasteiger partial charge in [-0.25, -0.2) is 0 Å². The van der Waals surface area contributed by atoms with Gasteiger partial charge in [0.25, 0.3) is 0 Å². The zero-order valence-electron chi connectivity index (χ0n) is 13.0. The second kappa shape index (κ2) is 6.70. The molecule has 1 aliphatic rings. The van der Waals surface area contributed by atoms with Gasteiger partial charge in [0.2, 0.25) is 0 Å². The average molecular weight is 286 g/mol. The highest BCUT2D eigenvalue weighted by Crippen LogP contribution is 2.34. The molecular weight excluding hydrogens is 264 g/mol. The highest BCUT2D eigenvalue weighted by Gasteiger charge is 2.23. The van der Waals surface area contributed by atoms with Crippen molar-refractivity contribution in [2.45, 2.75) is 46.5 Å². The molecule has 21 heavy (non-hydrogen) atoms. The predicted octanol–water partition coefficient (Wildman–Crippen LogP) is 3.63. The van der Waals surface area contributed by atoms with E-state index in [-0.39, 0.29) is 24.6 Å². The van der Waals surface area contributed by atoms with Crippen molar-refractivity contribution < 1.29 is 14.3 Å². The first-order valence-corrected chi connectivity index (χ1v) is 7.52. The second-order valence-electron chi connectivity index (χ2n) is 5.48. The second-order valence-corrected chi connectivity index (χ2v) is 5.48. The van der Waals surface area contributed by atoms with Crippen molar-refractivity contribution in [1.82, 2.24) is 0 Å². The van der Waals surface area contributed by atoms with E-state index in [1.54, 1.807) is 6.92 Å². The maximum atomic E-state index is 12.5. The SMILES string of the molecule is CCOC(=O)CCC(=O)C1=C(C)CCc2c(C)cccc21. The number of fused-ring (bicyclic) bond motifs is 1. The van der Waals surface area contributed by atoms with Crippen LogP contribution in [0.3, 0.4) is 0 Å². The first-order chi connectivity index (χ1) is 10.0. The summed E-state index contributed by atoms with van der Waals surface area (Å²) in [4.78, 5) is 23.9. The summed E-state index contributed by atoms with van der Waals surface area (Å²) in [6.45, 7) is 6.23. The van der Waals surface area contributed by atoms with Gasteiger partial charge in [0, 0.05) is 12.0 Å². The summed E-state index contributed by atoms with van der Waals surface area (Å²) >= 11 is 0. The van der Waals surface area contributed by atoms with Gasteiger partial charge < -0.3 is 4.74 Å². The third kappa shape index (κ3) is 3.41. The number of ketones is 1. The molecule has 0 amide bonds. The van der Waals surface area contributed by atoms with Crippen LogP contribution in [0, 0.1) is 6.92 Å². The van der Waals surface area contributed by atoms with Crippen molar-refractivity contribution in [3.8, 4) is 0 Å². The quantitative estimate of drug-likeness (QED) is 0.776. The Kier molecular flexibility index (Phi) is 4.94. The van der Waals surface area contributed by atoms with E-state index in [2.05, 4.69) is 13.0 Å². The summed E-state index contributed by atoms with van der Waals surface area (Å²) in [5.74, 6) is -0.253. The van der Waals surface area contributed by atoms with E-state index in [1.807, 2.05) is 19.1 Å². The van der Waals surface area contributed by atoms with Crippen LogP contribution in [-0.2, 0) is 20.7 Å². The van der Waals surface area contributed by atoms with E-state index in [0.29, 0.717) is 6.61 Å². The van der Waals surface area contributed by atoms with Crippen LogP contribution in [0.5, 0.6) is 0 Å². The average Bonchev–Trinajstić information content (AvgIpc) is 2.45. The molecule has 0 unspecified atom stereocenters. The normalized spacial score (nSPS) is 13.9. The van der Waals surface area contributed by atoms with Gasteiger partial charge in [-0.05, 0) is 50.3 Å². The maximum Gasteiger partial charge on any atom is 0.306 e. The van der Waals surface area contributed by atoms with Crippen LogP contribution in [0.4, 0.5) is 0 Å². The molecule has 2 rings (SSSR count). The highest BCUT2D eigenvalue weighted by molar-refractivity contribution is 6.22. The molecule has 3 heteroatoms. The van der Waals surface area contributed by atoms with Gasteiger partial charge >= 0.3 is 5.97 Å². The third-order valence-electron chi connectivity index (χ3n) is 4.00. The zero-order valence-corrected chi connectivity index (χ0v) is 13.0. The monoisotopic (exact) mass is 286 g/mol. The smallest absolute Gasteiger partial charge is 0.306 e. The minimum Gasteiger partial charge on any atom is -0.466 e. The Morgan fingerprint density at radius 1 is 1.14 bits per heavy atom. The third-order valence-corrected chi connectivity index (χ3v) is 4.00. The van der Waals surface area contributed by atoms with Crippen molar-refractivity contribution in [2.75, 3.05) is 6.61 Å². The van der Waals surface area contributed by atoms with E-state index >= 15 is 0 Å². The maximum absolute atomic E-state index is 12.5. The fourth-order valence-electron chi connectivity index (χ4n) is 2.90. The summed E-state index contributed by atoms with van der Waals surface area (Å²) in [7, 11) is 0. The Labute approximate surface area is 126 Å². The summed E-state index contributed by atoms with van der Waals surface area (Å²) in [6.07, 6.45) is 2.28. The molecule has 1 aromatic rings. The van der Waals surface area contributed by atoms with E-state index in [9.17, 15) is 9.59 Å². The number of carbonyl (C=O) groups excluding carboxylic acids is 2. The van der Waals surface area contributed by atoms with Gasteiger partial charge in [-0.3, -0.25) is 9.59 Å². The number of Topliss-reactive ketones (excluding diaryl/α,β-unsaturated/α-hetero) is 1. The van der Waals surface area contributed by atoms with Crippen LogP contribution in [0.25, 0.3) is 5.57 Å². The molecule has 0 spiro atoms. The van der Waals surface area contributed by atoms with Crippen molar-refractivity contribution in [2.24, 2.45) is 0 Å². The molecule has 0 aromatic heterocycles. The molecule has 1 aromatic carbocycles. The van der Waals surface area contributed by atoms with Crippen molar-refractivity contribution >= 4 is 17.3 Å². The van der Waals surface area contributed by atoms with E-state index in [4.69, 9.17) is 4.74 Å². The lowest BCUT2D eigenvalue weighted by Crippen LogP contribution is -2.14. The van der Waals surface area contributed by atoms with Gasteiger partial charge in [-0.1, -0.05) is 23.8 Å². The van der Waals surface area contributed by atoms with Crippen molar-refractivity contribution in [3.63, 3.8) is 0 Å². The van der Waals surface area contributed by atoms with Crippen LogP contribution >= 0.6 is 0 Å². The molecule has 0 aliphatic heterocycles. The largest absolute Gasteiger partial charge is 0.466 e. The van der Waals surface area contributed by atoms with E-state index in [0.717, 1.165) is 29.6 Å². The summed E-state index contributed by atoms with van der Waals surface area (Å²) < 4.78 is 4.89. The number of rotatable bonds is 5. The number of hydrogen-bond donors (Lipinski definition) is 0. The van der Waals surface area contributed by atoms with Crippen LogP contribution in [0.15, 0.2) is 23.8 Å². The molecule has 0 radical (unpaired) electrons. The molecule has 0 N–H and O–H groups in total. The summed E-state index contributed by atoms with van der Waals surface area (Å²) in [5, 5.41) is 0. The molecule has 1 aliphatic carbocycles. The topological polar surface area (TPSA) is 43.4 Å². The van der Waals surface area contributed by atoms with Gasteiger partial charge in [-0.15, -0.1) is 0 Å². The highest BCUT2D eigenvalue weighted by atomic mass is 16.5. The predicted molar refractivity (Wildman–Crippen MR) is 83.0 cm³/mol. The molecular formula is C18H22O3. The summed E-state index contributed by atoms with van der Waals surface area (Å²) in [6, 6.07) is 6.09. The van der Waals surface area contributed by atoms with Crippen LogP contribution < -0.4 is 0 Å². The molecule has 0 fully saturated rings. The Bertz CT molecular complexity index is 596. The Hall–Kier alpha value is -1.90. The van der Waals surface area contributed by atoms with Gasteiger partial charge in [0.1, 0.15) is 0 Å². The number of ether oxygens (including phenoxy) is 1. The molecule has 0 saturated heterocycles. The van der Waals surface area contributed by atoms with Crippen molar-refractivity contribution in [3.05, 3.63) is 40.5 Å². The fourth-order valence-corrected chi connectivity index (χ4v) is 2.90. The Morgan fingerprint density at radius 3 is 2.62 bits per heavy atom. The minimum atomic E-state index is -0.302. The lowest BCUT2D eigenvalue weighted by molar-refractivity contribution is -0.144. The number of esters is 1. The Balaban J connectivity index is 2.21. The lowest BCUT2D eigenvalue weighted by atomic mass is 9.81. The summed E-state index contributed by atoms with van der Waals surface area (Å²) in [5.41, 5.74) is 5.48. The first-order valence-electron chi connectivity index (χ1n) is 7.52. The molecule has 112 valence electrons. The number of carbonyl (C=O) groups is 2. The van der Waals surface area contributed by atoms with Gasteiger partial charge in [0.15, 0.2) is 5.78 Å². The van der Waals surface area contributed by atoms with Crippen LogP contribution in [-0.4, -0.2) is 18.4 Å². The fraction of sp³-hybridized carbons (Fsp3) is 0.444. The van der Waals surface area contributed by atoms with E-state index < -0.39 is 0 Å². The Morgan fingerprint density at radius 2 is 1.90 bits per heavy atom. The number of benzene rings is 1. The number of aryl methyl sites for hydroxylation is 1. The number of hydrogen-bond acceptors (Lipinski definition) is 3. The van der Waals surface area contributed by atoms with Crippen LogP contribution in [0.2, 0.25) is 0 Å². The molecule has 0 heterocycles. The minimum absolute atomic E-state index is 0.0482. The van der Waals surface area contributed by atoms with Gasteiger partial charge in [0.05, 0.1) is 13.0 Å².